The number of hydrogen-bond donors (Lipinski definition) is 1. The maximum atomic E-state index is 12.3. The Labute approximate surface area is 163 Å². The highest BCUT2D eigenvalue weighted by Gasteiger charge is 2.12. The molecular weight excluding hydrogens is 358 g/mol. The first kappa shape index (κ1) is 19.9. The third-order valence-electron chi connectivity index (χ3n) is 5.01. The lowest BCUT2D eigenvalue weighted by Gasteiger charge is -2.26. The van der Waals surface area contributed by atoms with E-state index in [0.717, 1.165) is 35.5 Å². The van der Waals surface area contributed by atoms with Crippen molar-refractivity contribution in [2.45, 2.75) is 19.3 Å². The molecule has 8 heteroatoms. The van der Waals surface area contributed by atoms with Gasteiger partial charge in [-0.25, -0.2) is 9.79 Å². The molecule has 1 aliphatic heterocycles. The van der Waals surface area contributed by atoms with Gasteiger partial charge in [-0.15, -0.1) is 0 Å². The van der Waals surface area contributed by atoms with E-state index in [4.69, 9.17) is 10.5 Å². The number of likely N-dealkylation sites (tertiary alicyclic amines) is 1. The smallest absolute Gasteiger partial charge is 0.332 e. The molecule has 2 aromatic rings. The number of piperidine rings is 1. The number of benzene rings is 1. The number of nitrogens with zero attached hydrogens (tertiary/aromatic N) is 4. The lowest BCUT2D eigenvalue weighted by atomic mass is 10.1. The van der Waals surface area contributed by atoms with Crippen LogP contribution in [0, 0.1) is 0 Å². The predicted molar refractivity (Wildman–Crippen MR) is 111 cm³/mol. The van der Waals surface area contributed by atoms with E-state index in [0.29, 0.717) is 6.61 Å². The van der Waals surface area contributed by atoms with E-state index in [-0.39, 0.29) is 11.5 Å². The molecule has 0 bridgehead atoms. The van der Waals surface area contributed by atoms with Crippen LogP contribution in [0.4, 0.5) is 11.5 Å². The SMILES string of the molecule is Cn1c(N)c(N=Cc2cccc(OCCN3CCCCC3)c2)c(=O)n(C)c1=O. The quantitative estimate of drug-likeness (QED) is 0.756. The molecule has 0 radical (unpaired) electrons. The van der Waals surface area contributed by atoms with E-state index in [1.165, 1.54) is 37.9 Å². The van der Waals surface area contributed by atoms with Gasteiger partial charge in [0, 0.05) is 26.9 Å². The average molecular weight is 385 g/mol. The van der Waals surface area contributed by atoms with Crippen LogP contribution < -0.4 is 21.7 Å². The molecule has 0 aliphatic carbocycles. The van der Waals surface area contributed by atoms with Crippen LogP contribution in [0.25, 0.3) is 0 Å². The molecule has 8 nitrogen and oxygen atoms in total. The van der Waals surface area contributed by atoms with Gasteiger partial charge in [0.05, 0.1) is 0 Å². The summed E-state index contributed by atoms with van der Waals surface area (Å²) in [5.41, 5.74) is 5.71. The fourth-order valence-electron chi connectivity index (χ4n) is 3.26. The predicted octanol–water partition coefficient (Wildman–Crippen LogP) is 1.28. The van der Waals surface area contributed by atoms with Crippen LogP contribution in [-0.4, -0.2) is 46.5 Å². The van der Waals surface area contributed by atoms with Gasteiger partial charge in [0.1, 0.15) is 18.2 Å². The highest BCUT2D eigenvalue weighted by Crippen LogP contribution is 2.16. The van der Waals surface area contributed by atoms with Gasteiger partial charge < -0.3 is 10.5 Å². The Kier molecular flexibility index (Phi) is 6.30. The molecule has 0 unspecified atom stereocenters. The topological polar surface area (TPSA) is 94.8 Å². The standard InChI is InChI=1S/C20H27N5O3/c1-23-18(21)17(19(26)24(2)20(23)27)22-14-15-7-6-8-16(13-15)28-12-11-25-9-4-3-5-10-25/h6-8,13-14H,3-5,9-12,21H2,1-2H3. The van der Waals surface area contributed by atoms with Gasteiger partial charge in [-0.05, 0) is 43.6 Å². The molecule has 2 heterocycles. The molecule has 1 aromatic carbocycles. The van der Waals surface area contributed by atoms with Crippen LogP contribution in [0.3, 0.4) is 0 Å². The van der Waals surface area contributed by atoms with Gasteiger partial charge in [0.15, 0.2) is 5.69 Å². The molecule has 0 spiro atoms. The molecule has 1 aliphatic rings. The van der Waals surface area contributed by atoms with Crippen LogP contribution in [0.15, 0.2) is 38.8 Å². The summed E-state index contributed by atoms with van der Waals surface area (Å²) >= 11 is 0. The molecular formula is C20H27N5O3. The lowest BCUT2D eigenvalue weighted by molar-refractivity contribution is 0.183. The number of ether oxygens (including phenoxy) is 1. The number of aliphatic imine (C=N–C) groups is 1. The van der Waals surface area contributed by atoms with E-state index in [2.05, 4.69) is 9.89 Å². The Hall–Kier alpha value is -2.87. The van der Waals surface area contributed by atoms with Crippen LogP contribution in [0.2, 0.25) is 0 Å². The summed E-state index contributed by atoms with van der Waals surface area (Å²) in [4.78, 5) is 30.8. The van der Waals surface area contributed by atoms with Crippen molar-refractivity contribution in [3.63, 3.8) is 0 Å². The molecule has 1 saturated heterocycles. The maximum absolute atomic E-state index is 12.3. The second-order valence-electron chi connectivity index (χ2n) is 7.02. The lowest BCUT2D eigenvalue weighted by Crippen LogP contribution is -2.37. The number of nitrogens with two attached hydrogens (primary N) is 1. The summed E-state index contributed by atoms with van der Waals surface area (Å²) in [7, 11) is 2.91. The molecule has 0 atom stereocenters. The van der Waals surface area contributed by atoms with Gasteiger partial charge in [0.25, 0.3) is 5.56 Å². The van der Waals surface area contributed by atoms with Gasteiger partial charge in [-0.1, -0.05) is 18.6 Å². The number of anilines is 1. The second kappa shape index (κ2) is 8.88. The summed E-state index contributed by atoms with van der Waals surface area (Å²) < 4.78 is 8.06. The number of nitrogen functional groups attached to an aromatic ring is 1. The average Bonchev–Trinajstić information content (AvgIpc) is 2.72. The van der Waals surface area contributed by atoms with E-state index < -0.39 is 11.2 Å². The van der Waals surface area contributed by atoms with Crippen LogP contribution in [-0.2, 0) is 14.1 Å². The van der Waals surface area contributed by atoms with Crippen molar-refractivity contribution in [2.75, 3.05) is 32.0 Å². The minimum Gasteiger partial charge on any atom is -0.492 e. The zero-order valence-electron chi connectivity index (χ0n) is 16.4. The van der Waals surface area contributed by atoms with Crippen molar-refractivity contribution in [2.24, 2.45) is 19.1 Å². The molecule has 0 saturated carbocycles. The minimum absolute atomic E-state index is 0.0401. The highest BCUT2D eigenvalue weighted by atomic mass is 16.5. The fourth-order valence-corrected chi connectivity index (χ4v) is 3.26. The third kappa shape index (κ3) is 4.51. The van der Waals surface area contributed by atoms with Gasteiger partial charge >= 0.3 is 5.69 Å². The molecule has 0 amide bonds. The summed E-state index contributed by atoms with van der Waals surface area (Å²) in [6.45, 7) is 3.84. The number of rotatable bonds is 6. The van der Waals surface area contributed by atoms with E-state index in [1.54, 1.807) is 6.21 Å². The van der Waals surface area contributed by atoms with Crippen molar-refractivity contribution < 1.29 is 4.74 Å². The fraction of sp³-hybridized carbons (Fsp3) is 0.450. The number of hydrogen-bond acceptors (Lipinski definition) is 6. The molecule has 3 rings (SSSR count). The Morgan fingerprint density at radius 2 is 1.89 bits per heavy atom. The molecule has 150 valence electrons. The monoisotopic (exact) mass is 385 g/mol. The highest BCUT2D eigenvalue weighted by molar-refractivity contribution is 5.83. The summed E-state index contributed by atoms with van der Waals surface area (Å²) in [5, 5.41) is 0. The van der Waals surface area contributed by atoms with Crippen molar-refractivity contribution in [3.05, 3.63) is 50.7 Å². The van der Waals surface area contributed by atoms with Crippen LogP contribution in [0.1, 0.15) is 24.8 Å². The zero-order chi connectivity index (χ0) is 20.1. The Morgan fingerprint density at radius 1 is 1.14 bits per heavy atom. The molecule has 1 fully saturated rings. The van der Waals surface area contributed by atoms with Crippen LogP contribution in [0.5, 0.6) is 5.75 Å². The van der Waals surface area contributed by atoms with E-state index >= 15 is 0 Å². The van der Waals surface area contributed by atoms with Crippen LogP contribution >= 0.6 is 0 Å². The molecule has 2 N–H and O–H groups in total. The maximum Gasteiger partial charge on any atom is 0.332 e. The van der Waals surface area contributed by atoms with Crippen molar-refractivity contribution in [1.82, 2.24) is 14.0 Å². The second-order valence-corrected chi connectivity index (χ2v) is 7.02. The molecule has 28 heavy (non-hydrogen) atoms. The summed E-state index contributed by atoms with van der Waals surface area (Å²) in [5.74, 6) is 0.792. The Morgan fingerprint density at radius 3 is 2.64 bits per heavy atom. The Bertz CT molecular complexity index is 971. The van der Waals surface area contributed by atoms with Crippen molar-refractivity contribution >= 4 is 17.7 Å². The minimum atomic E-state index is -0.522. The van der Waals surface area contributed by atoms with Gasteiger partial charge in [-0.3, -0.25) is 18.8 Å². The van der Waals surface area contributed by atoms with Crippen molar-refractivity contribution in [3.8, 4) is 5.75 Å². The first-order valence-corrected chi connectivity index (χ1v) is 9.52. The van der Waals surface area contributed by atoms with Crippen molar-refractivity contribution in [1.29, 1.82) is 0 Å². The third-order valence-corrected chi connectivity index (χ3v) is 5.01. The first-order valence-electron chi connectivity index (χ1n) is 9.52. The first-order chi connectivity index (χ1) is 13.5. The van der Waals surface area contributed by atoms with Gasteiger partial charge in [0.2, 0.25) is 0 Å². The van der Waals surface area contributed by atoms with E-state index in [1.807, 2.05) is 24.3 Å². The summed E-state index contributed by atoms with van der Waals surface area (Å²) in [6, 6.07) is 7.50. The summed E-state index contributed by atoms with van der Waals surface area (Å²) in [6.07, 6.45) is 5.40. The normalized spacial score (nSPS) is 15.2. The largest absolute Gasteiger partial charge is 0.492 e. The number of aromatic nitrogens is 2. The van der Waals surface area contributed by atoms with Gasteiger partial charge in [-0.2, -0.15) is 0 Å². The molecule has 1 aromatic heterocycles. The van der Waals surface area contributed by atoms with E-state index in [9.17, 15) is 9.59 Å². The zero-order valence-corrected chi connectivity index (χ0v) is 16.4. The Balaban J connectivity index is 1.69.